The average Bonchev–Trinajstić information content (AvgIpc) is 2.56. The first-order valence-corrected chi connectivity index (χ1v) is 7.02. The number of rotatable bonds is 5. The van der Waals surface area contributed by atoms with E-state index < -0.39 is 0 Å². The second-order valence-electron chi connectivity index (χ2n) is 4.98. The highest BCUT2D eigenvalue weighted by molar-refractivity contribution is 5.89. The molecule has 2 amide bonds. The third kappa shape index (κ3) is 4.35. The number of ether oxygens (including phenoxy) is 2. The topological polar surface area (TPSA) is 50.8 Å². The molecule has 2 rings (SSSR count). The summed E-state index contributed by atoms with van der Waals surface area (Å²) in [7, 11) is 4.81. The minimum atomic E-state index is -0.346. The van der Waals surface area contributed by atoms with Gasteiger partial charge < -0.3 is 19.7 Å². The molecule has 1 N–H and O–H groups in total. The second kappa shape index (κ2) is 7.49. The lowest BCUT2D eigenvalue weighted by atomic mass is 10.2. The van der Waals surface area contributed by atoms with Crippen molar-refractivity contribution in [1.82, 2.24) is 4.90 Å². The number of carbonyl (C=O) groups is 1. The Hall–Kier alpha value is -2.76. The number of carbonyl (C=O) groups excluding carboxylic acids is 1. The van der Waals surface area contributed by atoms with Gasteiger partial charge in [-0.05, 0) is 42.0 Å². The Balaban J connectivity index is 2.01. The van der Waals surface area contributed by atoms with Crippen molar-refractivity contribution < 1.29 is 18.7 Å². The Morgan fingerprint density at radius 1 is 1.09 bits per heavy atom. The maximum Gasteiger partial charge on any atom is 0.321 e. The van der Waals surface area contributed by atoms with Gasteiger partial charge in [0.2, 0.25) is 0 Å². The molecule has 0 heterocycles. The van der Waals surface area contributed by atoms with Crippen LogP contribution >= 0.6 is 0 Å². The van der Waals surface area contributed by atoms with E-state index in [4.69, 9.17) is 9.47 Å². The maximum absolute atomic E-state index is 12.9. The van der Waals surface area contributed by atoms with Crippen molar-refractivity contribution in [2.75, 3.05) is 26.6 Å². The van der Waals surface area contributed by atoms with Crippen LogP contribution in [-0.4, -0.2) is 32.2 Å². The van der Waals surface area contributed by atoms with Crippen molar-refractivity contribution >= 4 is 11.7 Å². The number of benzene rings is 2. The third-order valence-corrected chi connectivity index (χ3v) is 3.31. The van der Waals surface area contributed by atoms with Gasteiger partial charge in [0.15, 0.2) is 11.5 Å². The van der Waals surface area contributed by atoms with Gasteiger partial charge in [-0.1, -0.05) is 6.07 Å². The average molecular weight is 318 g/mol. The highest BCUT2D eigenvalue weighted by Gasteiger charge is 2.11. The molecule has 6 heteroatoms. The molecule has 0 fully saturated rings. The zero-order valence-corrected chi connectivity index (χ0v) is 13.3. The molecule has 0 atom stereocenters. The fourth-order valence-corrected chi connectivity index (χ4v) is 2.08. The van der Waals surface area contributed by atoms with Crippen LogP contribution in [0.3, 0.4) is 0 Å². The summed E-state index contributed by atoms with van der Waals surface area (Å²) in [5, 5.41) is 2.70. The molecule has 0 aliphatic carbocycles. The van der Waals surface area contributed by atoms with E-state index in [1.54, 1.807) is 27.3 Å². The van der Waals surface area contributed by atoms with Crippen LogP contribution in [0.15, 0.2) is 42.5 Å². The normalized spacial score (nSPS) is 10.1. The van der Waals surface area contributed by atoms with Crippen LogP contribution < -0.4 is 14.8 Å². The van der Waals surface area contributed by atoms with Crippen molar-refractivity contribution in [3.8, 4) is 11.5 Å². The standard InChI is InChI=1S/C17H19FN2O3/c1-20(17(21)19-14-7-5-13(18)6-8-14)11-12-4-9-15(22-2)16(10-12)23-3/h4-10H,11H2,1-3H3,(H,19,21). The molecular weight excluding hydrogens is 299 g/mol. The third-order valence-electron chi connectivity index (χ3n) is 3.31. The molecule has 5 nitrogen and oxygen atoms in total. The van der Waals surface area contributed by atoms with Crippen molar-refractivity contribution in [2.24, 2.45) is 0 Å². The lowest BCUT2D eigenvalue weighted by Crippen LogP contribution is -2.30. The number of amides is 2. The molecule has 0 bridgehead atoms. The number of hydrogen-bond donors (Lipinski definition) is 1. The van der Waals surface area contributed by atoms with Gasteiger partial charge >= 0.3 is 6.03 Å². The lowest BCUT2D eigenvalue weighted by molar-refractivity contribution is 0.220. The second-order valence-corrected chi connectivity index (χ2v) is 4.98. The molecule has 0 saturated carbocycles. The molecule has 0 spiro atoms. The summed E-state index contributed by atoms with van der Waals surface area (Å²) in [4.78, 5) is 13.7. The first-order valence-electron chi connectivity index (χ1n) is 7.02. The maximum atomic E-state index is 12.9. The van der Waals surface area contributed by atoms with Gasteiger partial charge in [-0.25, -0.2) is 9.18 Å². The molecule has 2 aromatic rings. The van der Waals surface area contributed by atoms with Gasteiger partial charge in [-0.2, -0.15) is 0 Å². The summed E-state index contributed by atoms with van der Waals surface area (Å²) in [6.07, 6.45) is 0. The van der Waals surface area contributed by atoms with Gasteiger partial charge in [0.1, 0.15) is 5.82 Å². The SMILES string of the molecule is COc1ccc(CN(C)C(=O)Nc2ccc(F)cc2)cc1OC. The number of nitrogens with zero attached hydrogens (tertiary/aromatic N) is 1. The van der Waals surface area contributed by atoms with Gasteiger partial charge in [-0.15, -0.1) is 0 Å². The Labute approximate surface area is 134 Å². The van der Waals surface area contributed by atoms with Crippen LogP contribution in [-0.2, 0) is 6.54 Å². The van der Waals surface area contributed by atoms with E-state index in [1.807, 2.05) is 12.1 Å². The first kappa shape index (κ1) is 16.6. The quantitative estimate of drug-likeness (QED) is 0.918. The van der Waals surface area contributed by atoms with Crippen LogP contribution in [0.25, 0.3) is 0 Å². The fourth-order valence-electron chi connectivity index (χ4n) is 2.08. The van der Waals surface area contributed by atoms with Crippen LogP contribution in [0.4, 0.5) is 14.9 Å². The van der Waals surface area contributed by atoms with E-state index in [0.29, 0.717) is 23.7 Å². The Morgan fingerprint density at radius 2 is 1.74 bits per heavy atom. The van der Waals surface area contributed by atoms with E-state index in [2.05, 4.69) is 5.32 Å². The van der Waals surface area contributed by atoms with Crippen molar-refractivity contribution in [1.29, 1.82) is 0 Å². The number of nitrogens with one attached hydrogen (secondary N) is 1. The molecule has 0 aliphatic rings. The number of methoxy groups -OCH3 is 2. The van der Waals surface area contributed by atoms with E-state index in [0.717, 1.165) is 5.56 Å². The van der Waals surface area contributed by atoms with Crippen LogP contribution in [0.2, 0.25) is 0 Å². The van der Waals surface area contributed by atoms with Crippen molar-refractivity contribution in [3.63, 3.8) is 0 Å². The Morgan fingerprint density at radius 3 is 2.35 bits per heavy atom. The number of anilines is 1. The predicted octanol–water partition coefficient (Wildman–Crippen LogP) is 3.51. The number of urea groups is 1. The van der Waals surface area contributed by atoms with Crippen LogP contribution in [0.1, 0.15) is 5.56 Å². The summed E-state index contributed by atoms with van der Waals surface area (Å²) >= 11 is 0. The van der Waals surface area contributed by atoms with Crippen molar-refractivity contribution in [2.45, 2.75) is 6.54 Å². The molecular formula is C17H19FN2O3. The smallest absolute Gasteiger partial charge is 0.321 e. The first-order chi connectivity index (χ1) is 11.0. The van der Waals surface area contributed by atoms with Crippen molar-refractivity contribution in [3.05, 3.63) is 53.8 Å². The van der Waals surface area contributed by atoms with E-state index in [1.165, 1.54) is 29.2 Å². The fraction of sp³-hybridized carbons (Fsp3) is 0.235. The van der Waals surface area contributed by atoms with Crippen LogP contribution in [0.5, 0.6) is 11.5 Å². The summed E-state index contributed by atoms with van der Waals surface area (Å²) in [6, 6.07) is 10.8. The summed E-state index contributed by atoms with van der Waals surface area (Å²) in [5.74, 6) is 0.897. The molecule has 0 unspecified atom stereocenters. The Bertz CT molecular complexity index is 674. The minimum Gasteiger partial charge on any atom is -0.493 e. The van der Waals surface area contributed by atoms with Gasteiger partial charge in [0, 0.05) is 19.3 Å². The largest absolute Gasteiger partial charge is 0.493 e. The highest BCUT2D eigenvalue weighted by atomic mass is 19.1. The number of hydrogen-bond acceptors (Lipinski definition) is 3. The lowest BCUT2D eigenvalue weighted by Gasteiger charge is -2.19. The molecule has 0 aromatic heterocycles. The Kier molecular flexibility index (Phi) is 5.41. The van der Waals surface area contributed by atoms with Gasteiger partial charge in [-0.3, -0.25) is 0 Å². The van der Waals surface area contributed by atoms with Gasteiger partial charge in [0.25, 0.3) is 0 Å². The predicted molar refractivity (Wildman–Crippen MR) is 86.4 cm³/mol. The molecule has 122 valence electrons. The van der Waals surface area contributed by atoms with E-state index in [9.17, 15) is 9.18 Å². The highest BCUT2D eigenvalue weighted by Crippen LogP contribution is 2.28. The van der Waals surface area contributed by atoms with Gasteiger partial charge in [0.05, 0.1) is 14.2 Å². The summed E-state index contributed by atoms with van der Waals surface area (Å²) in [6.45, 7) is 0.396. The van der Waals surface area contributed by atoms with Crippen LogP contribution in [0, 0.1) is 5.82 Å². The monoisotopic (exact) mass is 318 g/mol. The molecule has 0 saturated heterocycles. The molecule has 0 radical (unpaired) electrons. The summed E-state index contributed by atoms with van der Waals surface area (Å²) < 4.78 is 23.3. The van der Waals surface area contributed by atoms with E-state index in [-0.39, 0.29) is 11.8 Å². The molecule has 2 aromatic carbocycles. The zero-order valence-electron chi connectivity index (χ0n) is 13.3. The number of halogens is 1. The molecule has 23 heavy (non-hydrogen) atoms. The van der Waals surface area contributed by atoms with E-state index >= 15 is 0 Å². The summed E-state index contributed by atoms with van der Waals surface area (Å²) in [5.41, 5.74) is 1.44. The molecule has 0 aliphatic heterocycles. The minimum absolute atomic E-state index is 0.286. The zero-order chi connectivity index (χ0) is 16.8.